The van der Waals surface area contributed by atoms with Gasteiger partial charge in [-0.15, -0.1) is 4.83 Å². The third kappa shape index (κ3) is 6.11. The first kappa shape index (κ1) is 23.0. The van der Waals surface area contributed by atoms with E-state index in [0.29, 0.717) is 5.69 Å². The topological polar surface area (TPSA) is 108 Å². The van der Waals surface area contributed by atoms with Crippen LogP contribution in [0.25, 0.3) is 0 Å². The second kappa shape index (κ2) is 10.5. The van der Waals surface area contributed by atoms with Crippen molar-refractivity contribution in [3.63, 3.8) is 0 Å². The fourth-order valence-corrected chi connectivity index (χ4v) is 3.39. The smallest absolute Gasteiger partial charge is 0.330 e. The van der Waals surface area contributed by atoms with Crippen LogP contribution in [0.3, 0.4) is 0 Å². The standard InChI is InChI=1S/C20H18N4O4S.ClH/c25-19(21-16-9-3-1-4-10-16)15-24-14-8-7-13-18(24)20(26)22-23-29(27,28)17-11-5-2-6-12-17;/h1-14H,15H2,(H2,21,25,26);1H. The number of carbonyl (C=O) groups excluding carboxylic acids is 2. The Balaban J connectivity index is 0.00000320. The summed E-state index contributed by atoms with van der Waals surface area (Å²) in [5.74, 6) is -1.02. The van der Waals surface area contributed by atoms with Gasteiger partial charge in [0.1, 0.15) is 0 Å². The minimum Gasteiger partial charge on any atom is -1.00 e. The summed E-state index contributed by atoms with van der Waals surface area (Å²) >= 11 is 0. The van der Waals surface area contributed by atoms with E-state index < -0.39 is 15.9 Å². The molecule has 0 aliphatic heterocycles. The van der Waals surface area contributed by atoms with E-state index in [-0.39, 0.29) is 35.4 Å². The van der Waals surface area contributed by atoms with E-state index in [1.54, 1.807) is 60.8 Å². The number of carbonyl (C=O) groups is 2. The molecule has 0 saturated carbocycles. The summed E-state index contributed by atoms with van der Waals surface area (Å²) in [5.41, 5.74) is 2.92. The number of hydrogen-bond acceptors (Lipinski definition) is 4. The Bertz CT molecular complexity index is 1110. The second-order valence-corrected chi connectivity index (χ2v) is 7.68. The van der Waals surface area contributed by atoms with E-state index in [1.165, 1.54) is 22.8 Å². The summed E-state index contributed by atoms with van der Waals surface area (Å²) in [7, 11) is -3.91. The normalized spacial score (nSPS) is 10.5. The largest absolute Gasteiger partial charge is 1.00 e. The number of rotatable bonds is 7. The summed E-state index contributed by atoms with van der Waals surface area (Å²) in [6.45, 7) is -0.121. The summed E-state index contributed by atoms with van der Waals surface area (Å²) < 4.78 is 25.9. The second-order valence-electron chi connectivity index (χ2n) is 6.00. The molecule has 3 N–H and O–H groups in total. The zero-order chi connectivity index (χ0) is 20.7. The Morgan fingerprint density at radius 1 is 0.833 bits per heavy atom. The van der Waals surface area contributed by atoms with Crippen LogP contribution in [0, 0.1) is 0 Å². The molecule has 2 aromatic carbocycles. The van der Waals surface area contributed by atoms with Crippen molar-refractivity contribution in [1.82, 2.24) is 10.3 Å². The molecule has 156 valence electrons. The van der Waals surface area contributed by atoms with Crippen molar-refractivity contribution in [2.75, 3.05) is 5.32 Å². The lowest BCUT2D eigenvalue weighted by Crippen LogP contribution is -3.00. The molecule has 0 spiro atoms. The maximum atomic E-state index is 12.5. The van der Waals surface area contributed by atoms with E-state index >= 15 is 0 Å². The molecule has 0 bridgehead atoms. The first-order chi connectivity index (χ1) is 14.0. The van der Waals surface area contributed by atoms with Gasteiger partial charge in [-0.25, -0.2) is 8.42 Å². The Kier molecular flexibility index (Phi) is 8.05. The highest BCUT2D eigenvalue weighted by molar-refractivity contribution is 7.89. The number of amides is 2. The molecule has 0 fully saturated rings. The average Bonchev–Trinajstić information content (AvgIpc) is 2.74. The van der Waals surface area contributed by atoms with Gasteiger partial charge in [0.25, 0.3) is 21.6 Å². The van der Waals surface area contributed by atoms with Gasteiger partial charge < -0.3 is 17.7 Å². The third-order valence-corrected chi connectivity index (χ3v) is 5.16. The van der Waals surface area contributed by atoms with E-state index in [1.807, 2.05) is 6.07 Å². The van der Waals surface area contributed by atoms with Gasteiger partial charge in [-0.05, 0) is 30.3 Å². The van der Waals surface area contributed by atoms with Crippen molar-refractivity contribution in [2.24, 2.45) is 0 Å². The van der Waals surface area contributed by atoms with Crippen molar-refractivity contribution < 1.29 is 35.0 Å². The number of hydrogen-bond donors (Lipinski definition) is 3. The highest BCUT2D eigenvalue weighted by Crippen LogP contribution is 2.06. The summed E-state index contributed by atoms with van der Waals surface area (Å²) in [6.07, 6.45) is 1.56. The third-order valence-electron chi connectivity index (χ3n) is 3.90. The fourth-order valence-electron chi connectivity index (χ4n) is 2.53. The molecule has 1 heterocycles. The summed E-state index contributed by atoms with van der Waals surface area (Å²) in [6, 6.07) is 21.3. The first-order valence-corrected chi connectivity index (χ1v) is 10.1. The summed E-state index contributed by atoms with van der Waals surface area (Å²) in [5, 5.41) is 2.73. The Labute approximate surface area is 180 Å². The van der Waals surface area contributed by atoms with Gasteiger partial charge in [0.15, 0.2) is 6.20 Å². The maximum Gasteiger partial charge on any atom is 0.330 e. The summed E-state index contributed by atoms with van der Waals surface area (Å²) in [4.78, 5) is 26.8. The molecule has 0 aliphatic carbocycles. The predicted molar refractivity (Wildman–Crippen MR) is 106 cm³/mol. The predicted octanol–water partition coefficient (Wildman–Crippen LogP) is -1.76. The molecular formula is C20H19ClN4O4S. The van der Waals surface area contributed by atoms with Gasteiger partial charge in [-0.3, -0.25) is 15.0 Å². The molecule has 2 amide bonds. The van der Waals surface area contributed by atoms with Crippen molar-refractivity contribution in [2.45, 2.75) is 11.4 Å². The molecule has 1 aromatic heterocycles. The molecular weight excluding hydrogens is 428 g/mol. The van der Waals surface area contributed by atoms with Crippen LogP contribution >= 0.6 is 0 Å². The molecule has 0 aliphatic rings. The molecule has 3 rings (SSSR count). The number of nitrogens with one attached hydrogen (secondary N) is 3. The van der Waals surface area contributed by atoms with Gasteiger partial charge in [-0.2, -0.15) is 4.57 Å². The van der Waals surface area contributed by atoms with Crippen LogP contribution in [0.4, 0.5) is 5.69 Å². The van der Waals surface area contributed by atoms with Crippen molar-refractivity contribution in [3.8, 4) is 0 Å². The van der Waals surface area contributed by atoms with Gasteiger partial charge in [0.05, 0.1) is 4.90 Å². The average molecular weight is 447 g/mol. The minimum atomic E-state index is -3.91. The van der Waals surface area contributed by atoms with Crippen molar-refractivity contribution >= 4 is 27.5 Å². The number of hydrazine groups is 1. The molecule has 3 aromatic rings. The van der Waals surface area contributed by atoms with Crippen LogP contribution in [0.5, 0.6) is 0 Å². The Morgan fingerprint density at radius 2 is 1.43 bits per heavy atom. The molecule has 8 nitrogen and oxygen atoms in total. The highest BCUT2D eigenvalue weighted by Gasteiger charge is 2.23. The van der Waals surface area contributed by atoms with Gasteiger partial charge in [0.2, 0.25) is 6.54 Å². The lowest BCUT2D eigenvalue weighted by molar-refractivity contribution is -0.686. The van der Waals surface area contributed by atoms with E-state index in [9.17, 15) is 18.0 Å². The maximum absolute atomic E-state index is 12.5. The number of sulfonamides is 1. The molecule has 10 heteroatoms. The molecule has 0 saturated heterocycles. The number of aromatic nitrogens is 1. The number of pyridine rings is 1. The molecule has 0 atom stereocenters. The van der Waals surface area contributed by atoms with Crippen LogP contribution in [0.1, 0.15) is 10.5 Å². The SMILES string of the molecule is O=C(C[n+]1ccccc1C(=O)NNS(=O)(=O)c1ccccc1)Nc1ccccc1.[Cl-]. The quantitative estimate of drug-likeness (QED) is 0.295. The molecule has 0 unspecified atom stereocenters. The van der Waals surface area contributed by atoms with Crippen molar-refractivity contribution in [1.29, 1.82) is 0 Å². The zero-order valence-corrected chi connectivity index (χ0v) is 17.2. The monoisotopic (exact) mass is 446 g/mol. The number of para-hydroxylation sites is 1. The lowest BCUT2D eigenvalue weighted by Gasteiger charge is -2.08. The lowest BCUT2D eigenvalue weighted by atomic mass is 10.3. The van der Waals surface area contributed by atoms with Crippen LogP contribution in [0.2, 0.25) is 0 Å². The van der Waals surface area contributed by atoms with Crippen LogP contribution < -0.4 is 32.5 Å². The number of halogens is 1. The highest BCUT2D eigenvalue weighted by atomic mass is 35.5. The zero-order valence-electron chi connectivity index (χ0n) is 15.7. The van der Waals surface area contributed by atoms with Crippen LogP contribution in [-0.2, 0) is 21.4 Å². The van der Waals surface area contributed by atoms with Gasteiger partial charge in [0, 0.05) is 17.8 Å². The van der Waals surface area contributed by atoms with Crippen LogP contribution in [-0.4, -0.2) is 20.2 Å². The van der Waals surface area contributed by atoms with Crippen LogP contribution in [0.15, 0.2) is 90.0 Å². The van der Waals surface area contributed by atoms with E-state index in [4.69, 9.17) is 0 Å². The fraction of sp³-hybridized carbons (Fsp3) is 0.0500. The Hall–Kier alpha value is -3.27. The number of benzene rings is 2. The Morgan fingerprint density at radius 3 is 2.10 bits per heavy atom. The first-order valence-electron chi connectivity index (χ1n) is 8.66. The van der Waals surface area contributed by atoms with E-state index in [0.717, 1.165) is 0 Å². The van der Waals surface area contributed by atoms with E-state index in [2.05, 4.69) is 15.6 Å². The van der Waals surface area contributed by atoms with Crippen molar-refractivity contribution in [3.05, 3.63) is 90.8 Å². The minimum absolute atomic E-state index is 0. The van der Waals surface area contributed by atoms with Gasteiger partial charge >= 0.3 is 5.91 Å². The molecule has 30 heavy (non-hydrogen) atoms. The molecule has 0 radical (unpaired) electrons. The number of anilines is 1. The van der Waals surface area contributed by atoms with Gasteiger partial charge in [-0.1, -0.05) is 36.4 Å². The number of nitrogens with zero attached hydrogens (tertiary/aromatic N) is 1.